The molecule has 1 N–H and O–H groups in total. The molecule has 4 bridgehead atoms. The average molecular weight is 417 g/mol. The van der Waals surface area contributed by atoms with Crippen molar-refractivity contribution < 1.29 is 19.1 Å². The summed E-state index contributed by atoms with van der Waals surface area (Å²) >= 11 is 0. The fourth-order valence-corrected chi connectivity index (χ4v) is 8.15. The van der Waals surface area contributed by atoms with Crippen LogP contribution in [-0.2, 0) is 19.1 Å². The lowest BCUT2D eigenvalue weighted by Gasteiger charge is -2.55. The summed E-state index contributed by atoms with van der Waals surface area (Å²) in [5, 5.41) is 3.12. The number of esters is 1. The monoisotopic (exact) mass is 416 g/mol. The molecule has 0 aromatic carbocycles. The highest BCUT2D eigenvalue weighted by atomic mass is 16.5. The minimum absolute atomic E-state index is 0.00869. The highest BCUT2D eigenvalue weighted by Gasteiger charge is 2.54. The first-order valence-electron chi connectivity index (χ1n) is 12.2. The molecule has 0 radical (unpaired) electrons. The molecule has 6 fully saturated rings. The highest BCUT2D eigenvalue weighted by molar-refractivity contribution is 5.87. The SMILES string of the molecule is COC(=O)[C@@H]1C[C@@H]2CCCC[C@@H]2N1C(=O)CCNC(=O)C12CC3CC(CC(C3)C1)C2. The fourth-order valence-electron chi connectivity index (χ4n) is 8.15. The molecule has 1 heterocycles. The van der Waals surface area contributed by atoms with E-state index >= 15 is 0 Å². The number of hydrogen-bond donors (Lipinski definition) is 1. The van der Waals surface area contributed by atoms with Gasteiger partial charge in [0.1, 0.15) is 6.04 Å². The normalized spacial score (nSPS) is 41.4. The molecule has 2 amide bonds. The van der Waals surface area contributed by atoms with Crippen LogP contribution in [0.1, 0.15) is 77.0 Å². The van der Waals surface area contributed by atoms with Crippen molar-refractivity contribution in [3.8, 4) is 0 Å². The third-order valence-electron chi connectivity index (χ3n) is 8.99. The Bertz CT molecular complexity index is 685. The molecule has 6 nitrogen and oxygen atoms in total. The van der Waals surface area contributed by atoms with E-state index in [-0.39, 0.29) is 35.7 Å². The number of fused-ring (bicyclic) bond motifs is 1. The summed E-state index contributed by atoms with van der Waals surface area (Å²) in [4.78, 5) is 40.4. The van der Waals surface area contributed by atoms with Crippen LogP contribution in [0.5, 0.6) is 0 Å². The van der Waals surface area contributed by atoms with Crippen LogP contribution in [0, 0.1) is 29.1 Å². The molecule has 1 saturated heterocycles. The second-order valence-corrected chi connectivity index (χ2v) is 10.9. The number of nitrogens with zero attached hydrogens (tertiary/aromatic N) is 1. The Hall–Kier alpha value is -1.59. The van der Waals surface area contributed by atoms with E-state index in [0.717, 1.165) is 62.7 Å². The van der Waals surface area contributed by atoms with Gasteiger partial charge in [0.05, 0.1) is 7.11 Å². The number of carbonyl (C=O) groups is 3. The van der Waals surface area contributed by atoms with Gasteiger partial charge in [0.2, 0.25) is 11.8 Å². The molecule has 166 valence electrons. The van der Waals surface area contributed by atoms with Crippen molar-refractivity contribution in [1.29, 1.82) is 0 Å². The van der Waals surface area contributed by atoms with Gasteiger partial charge >= 0.3 is 5.97 Å². The summed E-state index contributed by atoms with van der Waals surface area (Å²) in [6.07, 6.45) is 12.4. The molecule has 3 atom stereocenters. The van der Waals surface area contributed by atoms with E-state index in [1.54, 1.807) is 0 Å². The zero-order chi connectivity index (χ0) is 20.9. The van der Waals surface area contributed by atoms with Crippen LogP contribution in [0.4, 0.5) is 0 Å². The molecule has 0 aromatic rings. The molecule has 0 aromatic heterocycles. The maximum Gasteiger partial charge on any atom is 0.328 e. The van der Waals surface area contributed by atoms with E-state index in [1.165, 1.54) is 32.8 Å². The van der Waals surface area contributed by atoms with E-state index in [9.17, 15) is 14.4 Å². The van der Waals surface area contributed by atoms with E-state index in [0.29, 0.717) is 12.5 Å². The number of amides is 2. The quantitative estimate of drug-likeness (QED) is 0.699. The summed E-state index contributed by atoms with van der Waals surface area (Å²) in [6.45, 7) is 0.376. The van der Waals surface area contributed by atoms with Crippen LogP contribution < -0.4 is 5.32 Å². The third kappa shape index (κ3) is 3.44. The Morgan fingerprint density at radius 3 is 2.23 bits per heavy atom. The molecule has 6 rings (SSSR count). The molecule has 0 unspecified atom stereocenters. The van der Waals surface area contributed by atoms with Gasteiger partial charge < -0.3 is 15.0 Å². The van der Waals surface area contributed by atoms with Crippen molar-refractivity contribution in [3.05, 3.63) is 0 Å². The van der Waals surface area contributed by atoms with Crippen LogP contribution >= 0.6 is 0 Å². The second kappa shape index (κ2) is 7.83. The number of carbonyl (C=O) groups excluding carboxylic acids is 3. The van der Waals surface area contributed by atoms with Crippen molar-refractivity contribution in [2.75, 3.05) is 13.7 Å². The number of hydrogen-bond acceptors (Lipinski definition) is 4. The lowest BCUT2D eigenvalue weighted by atomic mass is 9.49. The van der Waals surface area contributed by atoms with Gasteiger partial charge in [-0.05, 0) is 81.5 Å². The van der Waals surface area contributed by atoms with Gasteiger partial charge in [0.15, 0.2) is 0 Å². The Labute approximate surface area is 179 Å². The Morgan fingerprint density at radius 2 is 1.60 bits per heavy atom. The summed E-state index contributed by atoms with van der Waals surface area (Å²) in [5.74, 6) is 2.48. The van der Waals surface area contributed by atoms with Gasteiger partial charge in [-0.1, -0.05) is 12.8 Å². The number of ether oxygens (including phenoxy) is 1. The Morgan fingerprint density at radius 1 is 0.967 bits per heavy atom. The number of methoxy groups -OCH3 is 1. The number of nitrogens with one attached hydrogen (secondary N) is 1. The van der Waals surface area contributed by atoms with Gasteiger partial charge in [0.25, 0.3) is 0 Å². The molecular formula is C24H36N2O4. The van der Waals surface area contributed by atoms with Gasteiger partial charge in [-0.15, -0.1) is 0 Å². The van der Waals surface area contributed by atoms with Crippen LogP contribution in [0.15, 0.2) is 0 Å². The lowest BCUT2D eigenvalue weighted by Crippen LogP contribution is -2.54. The number of rotatable bonds is 5. The van der Waals surface area contributed by atoms with E-state index in [2.05, 4.69) is 5.32 Å². The molecule has 6 heteroatoms. The first-order chi connectivity index (χ1) is 14.5. The van der Waals surface area contributed by atoms with Crippen molar-refractivity contribution in [2.24, 2.45) is 29.1 Å². The maximum atomic E-state index is 13.1. The molecule has 0 spiro atoms. The summed E-state index contributed by atoms with van der Waals surface area (Å²) in [6, 6.07) is -0.288. The van der Waals surface area contributed by atoms with Crippen molar-refractivity contribution in [3.63, 3.8) is 0 Å². The zero-order valence-electron chi connectivity index (χ0n) is 18.2. The van der Waals surface area contributed by atoms with Crippen molar-refractivity contribution >= 4 is 17.8 Å². The minimum atomic E-state index is -0.450. The molecule has 5 saturated carbocycles. The first-order valence-corrected chi connectivity index (χ1v) is 12.2. The van der Waals surface area contributed by atoms with Crippen molar-refractivity contribution in [2.45, 2.75) is 89.1 Å². The largest absolute Gasteiger partial charge is 0.467 e. The smallest absolute Gasteiger partial charge is 0.328 e. The van der Waals surface area contributed by atoms with Crippen molar-refractivity contribution in [1.82, 2.24) is 10.2 Å². The van der Waals surface area contributed by atoms with E-state index < -0.39 is 6.04 Å². The standard InChI is InChI=1S/C24H36N2O4/c1-30-22(28)20-11-18-4-2-3-5-19(18)26(20)21(27)6-7-25-23(29)24-12-15-8-16(13-24)10-17(9-15)14-24/h15-20H,2-14H2,1H3,(H,25,29)/t15?,16?,17?,18-,19-,20-,24?/m0/s1. The lowest BCUT2D eigenvalue weighted by molar-refractivity contribution is -0.152. The minimum Gasteiger partial charge on any atom is -0.467 e. The maximum absolute atomic E-state index is 13.1. The molecule has 5 aliphatic carbocycles. The Balaban J connectivity index is 1.19. The summed E-state index contributed by atoms with van der Waals surface area (Å²) < 4.78 is 5.00. The molecule has 1 aliphatic heterocycles. The van der Waals surface area contributed by atoms with Crippen LogP contribution in [-0.4, -0.2) is 48.4 Å². The van der Waals surface area contributed by atoms with Crippen LogP contribution in [0.3, 0.4) is 0 Å². The molecule has 30 heavy (non-hydrogen) atoms. The van der Waals surface area contributed by atoms with Gasteiger partial charge in [-0.2, -0.15) is 0 Å². The number of likely N-dealkylation sites (tertiary alicyclic amines) is 1. The second-order valence-electron chi connectivity index (χ2n) is 10.9. The van der Waals surface area contributed by atoms with E-state index in [1.807, 2.05) is 4.90 Å². The van der Waals surface area contributed by atoms with Gasteiger partial charge in [-0.25, -0.2) is 4.79 Å². The zero-order valence-corrected chi connectivity index (χ0v) is 18.2. The van der Waals surface area contributed by atoms with E-state index in [4.69, 9.17) is 4.74 Å². The highest BCUT2D eigenvalue weighted by Crippen LogP contribution is 2.60. The molecule has 6 aliphatic rings. The predicted octanol–water partition coefficient (Wildman–Crippen LogP) is 3.04. The predicted molar refractivity (Wildman–Crippen MR) is 111 cm³/mol. The van der Waals surface area contributed by atoms with Gasteiger partial charge in [-0.3, -0.25) is 9.59 Å². The Kier molecular flexibility index (Phi) is 5.30. The summed E-state index contributed by atoms with van der Waals surface area (Å²) in [5.41, 5.74) is -0.172. The third-order valence-corrected chi connectivity index (χ3v) is 8.99. The van der Waals surface area contributed by atoms with Crippen LogP contribution in [0.2, 0.25) is 0 Å². The topological polar surface area (TPSA) is 75.7 Å². The van der Waals surface area contributed by atoms with Gasteiger partial charge in [0, 0.05) is 24.4 Å². The molecular weight excluding hydrogens is 380 g/mol. The average Bonchev–Trinajstić information content (AvgIpc) is 3.11. The first kappa shape index (κ1) is 20.3. The van der Waals surface area contributed by atoms with Crippen LogP contribution in [0.25, 0.3) is 0 Å². The fraction of sp³-hybridized carbons (Fsp3) is 0.875. The summed E-state index contributed by atoms with van der Waals surface area (Å²) in [7, 11) is 1.40.